The number of para-hydroxylation sites is 1. The van der Waals surface area contributed by atoms with Crippen LogP contribution in [0.1, 0.15) is 17.4 Å². The topological polar surface area (TPSA) is 192 Å². The maximum Gasteiger partial charge on any atom is 0.490 e. The average Bonchev–Trinajstić information content (AvgIpc) is 3.30. The van der Waals surface area contributed by atoms with Crippen molar-refractivity contribution in [3.05, 3.63) is 46.6 Å². The van der Waals surface area contributed by atoms with E-state index in [9.17, 15) is 37.5 Å². The van der Waals surface area contributed by atoms with Gasteiger partial charge in [-0.1, -0.05) is 29.5 Å². The summed E-state index contributed by atoms with van der Waals surface area (Å²) in [6.45, 7) is 1.35. The smallest absolute Gasteiger partial charge is 0.477 e. The number of halogens is 3. The third kappa shape index (κ3) is 6.85. The number of hydrogen-bond donors (Lipinski definition) is 5. The summed E-state index contributed by atoms with van der Waals surface area (Å²) in [5.74, 6) is -4.82. The molecule has 2 aliphatic rings. The molecule has 17 heteroatoms. The number of nitrogens with two attached hydrogens (primary N) is 1. The first-order valence-electron chi connectivity index (χ1n) is 10.8. The SMILES string of the molecule is CC(=O)Nc1ncc(C2=C(C(=O)O)N3C(=O)C(NC(=O)Cc4ccccc4N)C3SC2)s1.O=C(O)C(F)(F)F. The van der Waals surface area contributed by atoms with Crippen LogP contribution in [0.15, 0.2) is 36.2 Å². The van der Waals surface area contributed by atoms with Gasteiger partial charge in [-0.2, -0.15) is 13.2 Å². The third-order valence-electron chi connectivity index (χ3n) is 5.22. The molecule has 1 aromatic carbocycles. The Kier molecular flexibility index (Phi) is 8.85. The lowest BCUT2D eigenvalue weighted by Crippen LogP contribution is -2.70. The molecule has 1 saturated heterocycles. The number of rotatable bonds is 6. The molecule has 0 radical (unpaired) electrons. The lowest BCUT2D eigenvalue weighted by atomic mass is 10.0. The number of carboxylic acids is 2. The average molecular weight is 588 g/mol. The first-order valence-corrected chi connectivity index (χ1v) is 12.6. The van der Waals surface area contributed by atoms with Crippen LogP contribution in [0, 0.1) is 0 Å². The molecule has 0 saturated carbocycles. The molecule has 0 bridgehead atoms. The van der Waals surface area contributed by atoms with E-state index in [1.807, 2.05) is 0 Å². The van der Waals surface area contributed by atoms with Crippen LogP contribution in [0.3, 0.4) is 0 Å². The number of nitrogen functional groups attached to an aromatic ring is 1. The molecule has 0 aliphatic carbocycles. The first-order chi connectivity index (χ1) is 18.2. The number of nitrogens with one attached hydrogen (secondary N) is 2. The number of amides is 3. The van der Waals surface area contributed by atoms with Crippen LogP contribution >= 0.6 is 23.1 Å². The monoisotopic (exact) mass is 587 g/mol. The van der Waals surface area contributed by atoms with Gasteiger partial charge in [-0.05, 0) is 11.6 Å². The molecule has 1 aromatic heterocycles. The van der Waals surface area contributed by atoms with Crippen molar-refractivity contribution in [3.63, 3.8) is 0 Å². The van der Waals surface area contributed by atoms with Crippen LogP contribution in [-0.2, 0) is 30.4 Å². The van der Waals surface area contributed by atoms with Gasteiger partial charge in [-0.15, -0.1) is 11.8 Å². The molecular formula is C22H20F3N5O7S2. The number of carbonyl (C=O) groups excluding carboxylic acids is 3. The lowest BCUT2D eigenvalue weighted by Gasteiger charge is -2.49. The van der Waals surface area contributed by atoms with Gasteiger partial charge in [0.2, 0.25) is 11.8 Å². The molecule has 2 unspecified atom stereocenters. The largest absolute Gasteiger partial charge is 0.490 e. The minimum atomic E-state index is -5.08. The summed E-state index contributed by atoms with van der Waals surface area (Å²) in [6, 6.07) is 6.15. The number of fused-ring (bicyclic) bond motifs is 1. The van der Waals surface area contributed by atoms with Gasteiger partial charge < -0.3 is 26.6 Å². The fourth-order valence-electron chi connectivity index (χ4n) is 3.52. The van der Waals surface area contributed by atoms with Gasteiger partial charge in [-0.25, -0.2) is 14.6 Å². The highest BCUT2D eigenvalue weighted by atomic mass is 32.2. The maximum absolute atomic E-state index is 12.8. The standard InChI is InChI=1S/C20H19N5O5S2.C2HF3O2/c1-9(26)23-20-22-7-13(32-20)11-8-31-18-15(17(28)25(18)16(11)19(29)30)24-14(27)6-10-4-2-3-5-12(10)21;3-2(4,5)1(6)7/h2-5,7,15,18H,6,8,21H2,1H3,(H,24,27)(H,29,30)(H,22,23,26);(H,6,7). The summed E-state index contributed by atoms with van der Waals surface area (Å²) in [4.78, 5) is 63.2. The normalized spacial score (nSPS) is 18.3. The molecule has 2 aliphatic heterocycles. The number of benzene rings is 1. The molecular weight excluding hydrogens is 567 g/mol. The summed E-state index contributed by atoms with van der Waals surface area (Å²) in [5, 5.41) is 22.0. The molecule has 39 heavy (non-hydrogen) atoms. The van der Waals surface area contributed by atoms with Gasteiger partial charge in [0, 0.05) is 30.1 Å². The van der Waals surface area contributed by atoms with Crippen LogP contribution < -0.4 is 16.4 Å². The number of aliphatic carboxylic acids is 2. The maximum atomic E-state index is 12.8. The van der Waals surface area contributed by atoms with Gasteiger partial charge in [0.25, 0.3) is 5.91 Å². The fourth-order valence-corrected chi connectivity index (χ4v) is 5.88. The number of nitrogens with zero attached hydrogens (tertiary/aromatic N) is 2. The van der Waals surface area contributed by atoms with Gasteiger partial charge in [0.05, 0.1) is 11.3 Å². The Hall–Kier alpha value is -4.12. The number of aromatic nitrogens is 1. The summed E-state index contributed by atoms with van der Waals surface area (Å²) >= 11 is 2.49. The van der Waals surface area contributed by atoms with E-state index in [2.05, 4.69) is 15.6 Å². The first kappa shape index (κ1) is 29.4. The zero-order chi connectivity index (χ0) is 29.1. The van der Waals surface area contributed by atoms with Gasteiger partial charge in [0.1, 0.15) is 17.1 Å². The van der Waals surface area contributed by atoms with Crippen LogP contribution in [0.4, 0.5) is 24.0 Å². The predicted octanol–water partition coefficient (Wildman–Crippen LogP) is 1.76. The minimum Gasteiger partial charge on any atom is -0.477 e. The summed E-state index contributed by atoms with van der Waals surface area (Å²) < 4.78 is 31.7. The number of hydrogen-bond acceptors (Lipinski definition) is 9. The van der Waals surface area contributed by atoms with E-state index < -0.39 is 35.4 Å². The van der Waals surface area contributed by atoms with Crippen LogP contribution in [-0.4, -0.2) is 73.1 Å². The number of carbonyl (C=O) groups is 5. The van der Waals surface area contributed by atoms with Crippen LogP contribution in [0.25, 0.3) is 5.57 Å². The van der Waals surface area contributed by atoms with E-state index in [0.717, 1.165) is 11.3 Å². The van der Waals surface area contributed by atoms with Gasteiger partial charge in [-0.3, -0.25) is 19.3 Å². The highest BCUT2D eigenvalue weighted by molar-refractivity contribution is 8.00. The molecule has 6 N–H and O–H groups in total. The Balaban J connectivity index is 0.000000532. The molecule has 2 aromatic rings. The van der Waals surface area contributed by atoms with Crippen molar-refractivity contribution in [1.82, 2.24) is 15.2 Å². The predicted molar refractivity (Wildman–Crippen MR) is 134 cm³/mol. The van der Waals surface area contributed by atoms with E-state index in [1.165, 1.54) is 29.8 Å². The zero-order valence-electron chi connectivity index (χ0n) is 19.8. The molecule has 12 nitrogen and oxygen atoms in total. The minimum absolute atomic E-state index is 0.0213. The number of anilines is 2. The molecule has 2 atom stereocenters. The highest BCUT2D eigenvalue weighted by Crippen LogP contribution is 2.44. The quantitative estimate of drug-likeness (QED) is 0.246. The summed E-state index contributed by atoms with van der Waals surface area (Å²) in [7, 11) is 0. The zero-order valence-corrected chi connectivity index (χ0v) is 21.4. The van der Waals surface area contributed by atoms with Crippen LogP contribution in [0.2, 0.25) is 0 Å². The molecule has 0 spiro atoms. The molecule has 3 amide bonds. The van der Waals surface area contributed by atoms with E-state index in [0.29, 0.717) is 32.6 Å². The number of β-lactam (4-membered cyclic amide) rings is 1. The highest BCUT2D eigenvalue weighted by Gasteiger charge is 2.54. The fraction of sp³-hybridized carbons (Fsp3) is 0.273. The van der Waals surface area contributed by atoms with Gasteiger partial charge in [0.15, 0.2) is 5.13 Å². The van der Waals surface area contributed by atoms with Crippen molar-refractivity contribution in [2.45, 2.75) is 30.9 Å². The third-order valence-corrected chi connectivity index (χ3v) is 7.47. The van der Waals surface area contributed by atoms with Crippen molar-refractivity contribution < 1.29 is 47.4 Å². The van der Waals surface area contributed by atoms with E-state index in [1.54, 1.807) is 24.3 Å². The van der Waals surface area contributed by atoms with Gasteiger partial charge >= 0.3 is 18.1 Å². The Bertz CT molecular complexity index is 1360. The van der Waals surface area contributed by atoms with E-state index in [4.69, 9.17) is 15.6 Å². The van der Waals surface area contributed by atoms with Crippen molar-refractivity contribution in [3.8, 4) is 0 Å². The number of thiazole rings is 1. The summed E-state index contributed by atoms with van der Waals surface area (Å²) in [6.07, 6.45) is -3.59. The second-order valence-electron chi connectivity index (χ2n) is 7.98. The van der Waals surface area contributed by atoms with Crippen LogP contribution in [0.5, 0.6) is 0 Å². The van der Waals surface area contributed by atoms with Crippen molar-refractivity contribution in [2.24, 2.45) is 0 Å². The second-order valence-corrected chi connectivity index (χ2v) is 10.1. The number of thioether (sulfide) groups is 1. The molecule has 3 heterocycles. The Morgan fingerprint density at radius 1 is 1.21 bits per heavy atom. The number of alkyl halides is 3. The lowest BCUT2D eigenvalue weighted by molar-refractivity contribution is -0.192. The Morgan fingerprint density at radius 2 is 1.85 bits per heavy atom. The molecule has 4 rings (SSSR count). The molecule has 1 fully saturated rings. The molecule has 208 valence electrons. The van der Waals surface area contributed by atoms with Crippen molar-refractivity contribution in [1.29, 1.82) is 0 Å². The second kappa shape index (κ2) is 11.7. The van der Waals surface area contributed by atoms with E-state index >= 15 is 0 Å². The van der Waals surface area contributed by atoms with Crippen molar-refractivity contribution in [2.75, 3.05) is 16.8 Å². The van der Waals surface area contributed by atoms with Crippen molar-refractivity contribution >= 4 is 69.2 Å². The van der Waals surface area contributed by atoms with E-state index in [-0.39, 0.29) is 23.9 Å². The number of carboxylic acid groups (broad SMARTS) is 2. The Morgan fingerprint density at radius 3 is 2.41 bits per heavy atom. The Labute approximate surface area is 226 Å². The summed E-state index contributed by atoms with van der Waals surface area (Å²) in [5.41, 5.74) is 7.33.